The van der Waals surface area contributed by atoms with Crippen LogP contribution >= 0.6 is 0 Å². The van der Waals surface area contributed by atoms with E-state index in [0.29, 0.717) is 19.3 Å². The molecular formula is C13H22O3. The Labute approximate surface area is 97.5 Å². The third kappa shape index (κ3) is 4.77. The molecule has 3 nitrogen and oxygen atoms in total. The Balaban J connectivity index is 2.50. The standard InChI is InChI=1S/C13H22O3/c1-13(2,3)16-12(15)10-6-4-5-7-11(14)9-8-10/h10H,4-9H2,1-3H3. The van der Waals surface area contributed by atoms with E-state index in [1.165, 1.54) is 0 Å². The van der Waals surface area contributed by atoms with Crippen molar-refractivity contribution in [3.8, 4) is 0 Å². The van der Waals surface area contributed by atoms with Gasteiger partial charge in [0.1, 0.15) is 11.4 Å². The molecule has 1 aliphatic rings. The van der Waals surface area contributed by atoms with Crippen molar-refractivity contribution in [2.75, 3.05) is 0 Å². The van der Waals surface area contributed by atoms with E-state index in [1.54, 1.807) is 0 Å². The second kappa shape index (κ2) is 5.46. The average molecular weight is 226 g/mol. The topological polar surface area (TPSA) is 43.4 Å². The summed E-state index contributed by atoms with van der Waals surface area (Å²) < 4.78 is 5.36. The van der Waals surface area contributed by atoms with Gasteiger partial charge in [-0.15, -0.1) is 0 Å². The lowest BCUT2D eigenvalue weighted by molar-refractivity contribution is -0.160. The maximum Gasteiger partial charge on any atom is 0.309 e. The molecule has 1 saturated carbocycles. The molecule has 0 spiro atoms. The lowest BCUT2D eigenvalue weighted by Crippen LogP contribution is -2.29. The summed E-state index contributed by atoms with van der Waals surface area (Å²) in [6, 6.07) is 0. The first-order chi connectivity index (χ1) is 7.38. The molecule has 0 amide bonds. The second-order valence-corrected chi connectivity index (χ2v) is 5.55. The van der Waals surface area contributed by atoms with Crippen LogP contribution in [-0.2, 0) is 14.3 Å². The fourth-order valence-electron chi connectivity index (χ4n) is 1.94. The summed E-state index contributed by atoms with van der Waals surface area (Å²) in [4.78, 5) is 23.2. The molecule has 0 aromatic rings. The Morgan fingerprint density at radius 2 is 1.88 bits per heavy atom. The molecule has 0 radical (unpaired) electrons. The third-order valence-corrected chi connectivity index (χ3v) is 2.77. The van der Waals surface area contributed by atoms with E-state index >= 15 is 0 Å². The van der Waals surface area contributed by atoms with Gasteiger partial charge in [0, 0.05) is 12.8 Å². The smallest absolute Gasteiger partial charge is 0.309 e. The summed E-state index contributed by atoms with van der Waals surface area (Å²) in [7, 11) is 0. The number of ketones is 1. The number of Topliss-reactive ketones (excluding diaryl/α,β-unsaturated/α-hetero) is 1. The molecule has 92 valence electrons. The van der Waals surface area contributed by atoms with Crippen LogP contribution in [-0.4, -0.2) is 17.4 Å². The maximum absolute atomic E-state index is 11.9. The van der Waals surface area contributed by atoms with Crippen molar-refractivity contribution in [3.63, 3.8) is 0 Å². The minimum Gasteiger partial charge on any atom is -0.460 e. The normalized spacial score (nSPS) is 23.4. The molecule has 0 N–H and O–H groups in total. The van der Waals surface area contributed by atoms with E-state index in [1.807, 2.05) is 20.8 Å². The molecule has 1 unspecified atom stereocenters. The highest BCUT2D eigenvalue weighted by molar-refractivity contribution is 5.80. The summed E-state index contributed by atoms with van der Waals surface area (Å²) in [5.41, 5.74) is -0.427. The van der Waals surface area contributed by atoms with Crippen LogP contribution in [0, 0.1) is 5.92 Å². The molecule has 0 saturated heterocycles. The van der Waals surface area contributed by atoms with E-state index in [0.717, 1.165) is 19.3 Å². The number of carbonyl (C=O) groups excluding carboxylic acids is 2. The second-order valence-electron chi connectivity index (χ2n) is 5.55. The van der Waals surface area contributed by atoms with Gasteiger partial charge in [-0.3, -0.25) is 9.59 Å². The van der Waals surface area contributed by atoms with Gasteiger partial charge < -0.3 is 4.74 Å². The Hall–Kier alpha value is -0.860. The number of hydrogen-bond acceptors (Lipinski definition) is 3. The Kier molecular flexibility index (Phi) is 4.51. The van der Waals surface area contributed by atoms with E-state index in [-0.39, 0.29) is 17.7 Å². The minimum absolute atomic E-state index is 0.0801. The first kappa shape index (κ1) is 13.2. The van der Waals surface area contributed by atoms with Gasteiger partial charge in [0.05, 0.1) is 5.92 Å². The van der Waals surface area contributed by atoms with Gasteiger partial charge in [0.25, 0.3) is 0 Å². The molecule has 0 aromatic carbocycles. The zero-order valence-corrected chi connectivity index (χ0v) is 10.5. The molecular weight excluding hydrogens is 204 g/mol. The fraction of sp³-hybridized carbons (Fsp3) is 0.846. The molecule has 0 bridgehead atoms. The number of hydrogen-bond donors (Lipinski definition) is 0. The van der Waals surface area contributed by atoms with E-state index in [2.05, 4.69) is 0 Å². The van der Waals surface area contributed by atoms with Gasteiger partial charge in [-0.25, -0.2) is 0 Å². The van der Waals surface area contributed by atoms with Crippen molar-refractivity contribution in [2.24, 2.45) is 5.92 Å². The van der Waals surface area contributed by atoms with Gasteiger partial charge >= 0.3 is 5.97 Å². The zero-order chi connectivity index (χ0) is 12.2. The molecule has 0 heterocycles. The van der Waals surface area contributed by atoms with Crippen molar-refractivity contribution in [2.45, 2.75) is 64.9 Å². The van der Waals surface area contributed by atoms with Gasteiger partial charge in [-0.05, 0) is 40.0 Å². The molecule has 1 aliphatic carbocycles. The Morgan fingerprint density at radius 1 is 1.19 bits per heavy atom. The van der Waals surface area contributed by atoms with E-state index in [9.17, 15) is 9.59 Å². The van der Waals surface area contributed by atoms with Crippen LogP contribution in [0.4, 0.5) is 0 Å². The average Bonchev–Trinajstić information content (AvgIpc) is 2.08. The van der Waals surface area contributed by atoms with Crippen LogP contribution in [0.25, 0.3) is 0 Å². The molecule has 3 heteroatoms. The number of esters is 1. The Morgan fingerprint density at radius 3 is 2.50 bits per heavy atom. The predicted octanol–water partition coefficient (Wildman–Crippen LogP) is 2.87. The van der Waals surface area contributed by atoms with Crippen LogP contribution < -0.4 is 0 Å². The van der Waals surface area contributed by atoms with Crippen LogP contribution in [0.1, 0.15) is 59.3 Å². The number of rotatable bonds is 1. The summed E-state index contributed by atoms with van der Waals surface area (Å²) >= 11 is 0. The van der Waals surface area contributed by atoms with Gasteiger partial charge in [0.2, 0.25) is 0 Å². The van der Waals surface area contributed by atoms with E-state index < -0.39 is 5.60 Å². The summed E-state index contributed by atoms with van der Waals surface area (Å²) in [6.45, 7) is 5.62. The van der Waals surface area contributed by atoms with Crippen molar-refractivity contribution in [1.82, 2.24) is 0 Å². The monoisotopic (exact) mass is 226 g/mol. The summed E-state index contributed by atoms with van der Waals surface area (Å²) in [5, 5.41) is 0. The predicted molar refractivity (Wildman–Crippen MR) is 62.0 cm³/mol. The highest BCUT2D eigenvalue weighted by Gasteiger charge is 2.26. The minimum atomic E-state index is -0.427. The zero-order valence-electron chi connectivity index (χ0n) is 10.5. The van der Waals surface area contributed by atoms with Gasteiger partial charge in [-0.2, -0.15) is 0 Å². The van der Waals surface area contributed by atoms with Gasteiger partial charge in [0.15, 0.2) is 0 Å². The van der Waals surface area contributed by atoms with Crippen molar-refractivity contribution >= 4 is 11.8 Å². The van der Waals surface area contributed by atoms with E-state index in [4.69, 9.17) is 4.74 Å². The highest BCUT2D eigenvalue weighted by Crippen LogP contribution is 2.23. The molecule has 1 atom stereocenters. The van der Waals surface area contributed by atoms with Crippen LogP contribution in [0.2, 0.25) is 0 Å². The van der Waals surface area contributed by atoms with Crippen LogP contribution in [0.5, 0.6) is 0 Å². The highest BCUT2D eigenvalue weighted by atomic mass is 16.6. The summed E-state index contributed by atoms with van der Waals surface area (Å²) in [6.07, 6.45) is 4.61. The number of ether oxygens (including phenoxy) is 1. The molecule has 1 rings (SSSR count). The largest absolute Gasteiger partial charge is 0.460 e. The van der Waals surface area contributed by atoms with Crippen molar-refractivity contribution < 1.29 is 14.3 Å². The van der Waals surface area contributed by atoms with Crippen LogP contribution in [0.3, 0.4) is 0 Å². The fourth-order valence-corrected chi connectivity index (χ4v) is 1.94. The lowest BCUT2D eigenvalue weighted by Gasteiger charge is -2.24. The third-order valence-electron chi connectivity index (χ3n) is 2.77. The first-order valence-electron chi connectivity index (χ1n) is 6.13. The molecule has 16 heavy (non-hydrogen) atoms. The molecule has 1 fully saturated rings. The summed E-state index contributed by atoms with van der Waals surface area (Å²) in [5.74, 6) is 0.0685. The quantitative estimate of drug-likeness (QED) is 0.646. The number of carbonyl (C=O) groups is 2. The van der Waals surface area contributed by atoms with Crippen molar-refractivity contribution in [1.29, 1.82) is 0 Å². The SMILES string of the molecule is CC(C)(C)OC(=O)C1CCCCC(=O)CC1. The lowest BCUT2D eigenvalue weighted by atomic mass is 9.90. The molecule has 0 aromatic heterocycles. The maximum atomic E-state index is 11.9. The first-order valence-corrected chi connectivity index (χ1v) is 6.13. The van der Waals surface area contributed by atoms with Crippen molar-refractivity contribution in [3.05, 3.63) is 0 Å². The Bertz CT molecular complexity index is 263. The van der Waals surface area contributed by atoms with Crippen LogP contribution in [0.15, 0.2) is 0 Å². The molecule has 0 aliphatic heterocycles. The van der Waals surface area contributed by atoms with Gasteiger partial charge in [-0.1, -0.05) is 6.42 Å².